The van der Waals surface area contributed by atoms with E-state index in [9.17, 15) is 0 Å². The van der Waals surface area contributed by atoms with Crippen LogP contribution >= 0.6 is 23.5 Å². The molecule has 5 aromatic rings. The Balaban J connectivity index is 1.29. The van der Waals surface area contributed by atoms with Crippen molar-refractivity contribution in [2.75, 3.05) is 0 Å². The van der Waals surface area contributed by atoms with Crippen LogP contribution in [-0.4, -0.2) is 19.9 Å². The number of thioether (sulfide) groups is 2. The molecule has 0 fully saturated rings. The van der Waals surface area contributed by atoms with E-state index in [1.54, 1.807) is 36.2 Å². The number of hydrogen-bond acceptors (Lipinski definition) is 6. The van der Waals surface area contributed by atoms with E-state index in [1.165, 1.54) is 11.1 Å². The molecule has 6 heteroatoms. The van der Waals surface area contributed by atoms with E-state index < -0.39 is 0 Å². The monoisotopic (exact) mass is 426 g/mol. The van der Waals surface area contributed by atoms with Gasteiger partial charge in [0.05, 0.1) is 11.0 Å². The third kappa shape index (κ3) is 4.15. The number of aromatic nitrogens is 4. The Morgan fingerprint density at radius 2 is 1.03 bits per heavy atom. The largest absolute Gasteiger partial charge is 0.236 e. The van der Waals surface area contributed by atoms with Gasteiger partial charge in [-0.2, -0.15) is 0 Å². The van der Waals surface area contributed by atoms with Crippen molar-refractivity contribution in [1.29, 1.82) is 0 Å². The molecular weight excluding hydrogens is 408 g/mol. The van der Waals surface area contributed by atoms with Crippen LogP contribution in [0.3, 0.4) is 0 Å². The lowest BCUT2D eigenvalue weighted by Crippen LogP contribution is -1.90. The molecule has 4 nitrogen and oxygen atoms in total. The van der Waals surface area contributed by atoms with Gasteiger partial charge in [0.2, 0.25) is 0 Å². The van der Waals surface area contributed by atoms with Crippen LogP contribution in [0.5, 0.6) is 0 Å². The average Bonchev–Trinajstić information content (AvgIpc) is 2.81. The molecule has 0 amide bonds. The van der Waals surface area contributed by atoms with Crippen LogP contribution in [0.4, 0.5) is 0 Å². The standard InChI is InChI=1S/C24H18N4S2/c1-3-10-21-19(8-1)23(27-15-25-21)29-13-17-6-5-7-18(12-17)14-30-24-20-9-2-4-11-22(20)26-16-28-24/h1-12,15-16H,13-14H2. The summed E-state index contributed by atoms with van der Waals surface area (Å²) in [4.78, 5) is 17.7. The number of hydrogen-bond donors (Lipinski definition) is 0. The average molecular weight is 427 g/mol. The van der Waals surface area contributed by atoms with Crippen molar-refractivity contribution in [3.63, 3.8) is 0 Å². The van der Waals surface area contributed by atoms with Gasteiger partial charge in [0.1, 0.15) is 22.7 Å². The zero-order valence-corrected chi connectivity index (χ0v) is 17.7. The molecule has 0 radical (unpaired) electrons. The van der Waals surface area contributed by atoms with Crippen molar-refractivity contribution in [1.82, 2.24) is 19.9 Å². The van der Waals surface area contributed by atoms with Crippen LogP contribution in [-0.2, 0) is 11.5 Å². The molecule has 30 heavy (non-hydrogen) atoms. The Labute approximate surface area is 183 Å². The summed E-state index contributed by atoms with van der Waals surface area (Å²) in [5.41, 5.74) is 4.54. The van der Waals surface area contributed by atoms with Gasteiger partial charge in [0.15, 0.2) is 0 Å². The highest BCUT2D eigenvalue weighted by Gasteiger charge is 2.07. The van der Waals surface area contributed by atoms with Crippen molar-refractivity contribution in [2.24, 2.45) is 0 Å². The van der Waals surface area contributed by atoms with Gasteiger partial charge in [0, 0.05) is 22.3 Å². The smallest absolute Gasteiger partial charge is 0.117 e. The van der Waals surface area contributed by atoms with Crippen LogP contribution < -0.4 is 0 Å². The summed E-state index contributed by atoms with van der Waals surface area (Å²) in [5.74, 6) is 1.74. The van der Waals surface area contributed by atoms with E-state index in [2.05, 4.69) is 56.3 Å². The molecule has 0 saturated heterocycles. The number of fused-ring (bicyclic) bond motifs is 2. The summed E-state index contributed by atoms with van der Waals surface area (Å²) in [6, 6.07) is 25.0. The second-order valence-corrected chi connectivity index (χ2v) is 8.72. The summed E-state index contributed by atoms with van der Waals surface area (Å²) >= 11 is 3.50. The minimum atomic E-state index is 0.871. The molecule has 0 unspecified atom stereocenters. The van der Waals surface area contributed by atoms with Gasteiger partial charge in [-0.25, -0.2) is 19.9 Å². The molecule has 0 bridgehead atoms. The van der Waals surface area contributed by atoms with Crippen LogP contribution in [0.2, 0.25) is 0 Å². The van der Waals surface area contributed by atoms with E-state index in [1.807, 2.05) is 36.4 Å². The topological polar surface area (TPSA) is 51.6 Å². The molecule has 2 heterocycles. The molecule has 146 valence electrons. The van der Waals surface area contributed by atoms with Gasteiger partial charge in [-0.05, 0) is 23.3 Å². The molecular formula is C24H18N4S2. The van der Waals surface area contributed by atoms with Gasteiger partial charge < -0.3 is 0 Å². The van der Waals surface area contributed by atoms with Crippen molar-refractivity contribution in [2.45, 2.75) is 21.6 Å². The van der Waals surface area contributed by atoms with Crippen LogP contribution in [0.1, 0.15) is 11.1 Å². The molecule has 0 aliphatic carbocycles. The summed E-state index contributed by atoms with van der Waals surface area (Å²) in [7, 11) is 0. The maximum absolute atomic E-state index is 4.48. The molecule has 0 aliphatic heterocycles. The SMILES string of the molecule is c1cc(CSc2ncnc3ccccc23)cc(CSc2ncnc3ccccc23)c1. The first-order valence-electron chi connectivity index (χ1n) is 9.60. The fraction of sp³-hybridized carbons (Fsp3) is 0.0833. The van der Waals surface area contributed by atoms with Crippen molar-refractivity contribution in [3.05, 3.63) is 96.6 Å². The van der Waals surface area contributed by atoms with Crippen molar-refractivity contribution in [3.8, 4) is 0 Å². The van der Waals surface area contributed by atoms with Gasteiger partial charge in [-0.1, -0.05) is 60.7 Å². The predicted molar refractivity (Wildman–Crippen MR) is 125 cm³/mol. The number of para-hydroxylation sites is 2. The summed E-state index contributed by atoms with van der Waals surface area (Å²) < 4.78 is 0. The van der Waals surface area contributed by atoms with Crippen LogP contribution in [0.15, 0.2) is 95.5 Å². The molecule has 2 aromatic heterocycles. The molecule has 0 N–H and O–H groups in total. The van der Waals surface area contributed by atoms with Gasteiger partial charge in [-0.15, -0.1) is 23.5 Å². The van der Waals surface area contributed by atoms with E-state index in [-0.39, 0.29) is 0 Å². The summed E-state index contributed by atoms with van der Waals surface area (Å²) in [6.45, 7) is 0. The summed E-state index contributed by atoms with van der Waals surface area (Å²) in [6.07, 6.45) is 3.29. The van der Waals surface area contributed by atoms with E-state index in [0.29, 0.717) is 0 Å². The maximum atomic E-state index is 4.48. The first-order chi connectivity index (χ1) is 14.9. The lowest BCUT2D eigenvalue weighted by Gasteiger charge is -2.08. The molecule has 5 rings (SSSR count). The number of rotatable bonds is 6. The van der Waals surface area contributed by atoms with Gasteiger partial charge >= 0.3 is 0 Å². The molecule has 0 spiro atoms. The fourth-order valence-corrected chi connectivity index (χ4v) is 5.17. The predicted octanol–water partition coefficient (Wildman–Crippen LogP) is 6.16. The van der Waals surface area contributed by atoms with Gasteiger partial charge in [-0.3, -0.25) is 0 Å². The Bertz CT molecular complexity index is 1210. The van der Waals surface area contributed by atoms with Crippen LogP contribution in [0, 0.1) is 0 Å². The zero-order chi connectivity index (χ0) is 20.2. The third-order valence-corrected chi connectivity index (χ3v) is 6.91. The minimum Gasteiger partial charge on any atom is -0.236 e. The lowest BCUT2D eigenvalue weighted by atomic mass is 10.2. The highest BCUT2D eigenvalue weighted by molar-refractivity contribution is 7.98. The Morgan fingerprint density at radius 1 is 0.533 bits per heavy atom. The normalized spacial score (nSPS) is 11.2. The highest BCUT2D eigenvalue weighted by Crippen LogP contribution is 2.30. The van der Waals surface area contributed by atoms with Crippen molar-refractivity contribution >= 4 is 45.3 Å². The molecule has 0 aliphatic rings. The third-order valence-electron chi connectivity index (χ3n) is 4.76. The van der Waals surface area contributed by atoms with Crippen LogP contribution in [0.25, 0.3) is 21.8 Å². The Hall–Kier alpha value is -2.96. The van der Waals surface area contributed by atoms with E-state index in [4.69, 9.17) is 0 Å². The lowest BCUT2D eigenvalue weighted by molar-refractivity contribution is 1.10. The number of benzene rings is 3. The quantitative estimate of drug-likeness (QED) is 0.239. The first-order valence-corrected chi connectivity index (χ1v) is 11.6. The van der Waals surface area contributed by atoms with E-state index in [0.717, 1.165) is 43.4 Å². The first kappa shape index (κ1) is 19.0. The second-order valence-electron chi connectivity index (χ2n) is 6.79. The fourth-order valence-electron chi connectivity index (χ4n) is 3.30. The second kappa shape index (κ2) is 8.81. The Morgan fingerprint density at radius 3 is 1.57 bits per heavy atom. The van der Waals surface area contributed by atoms with E-state index >= 15 is 0 Å². The minimum absolute atomic E-state index is 0.871. The van der Waals surface area contributed by atoms with Gasteiger partial charge in [0.25, 0.3) is 0 Å². The summed E-state index contributed by atoms with van der Waals surface area (Å²) in [5, 5.41) is 4.25. The molecule has 0 atom stereocenters. The zero-order valence-electron chi connectivity index (χ0n) is 16.1. The molecule has 3 aromatic carbocycles. The highest BCUT2D eigenvalue weighted by atomic mass is 32.2. The Kier molecular flexibility index (Phi) is 5.59. The number of nitrogens with zero attached hydrogens (tertiary/aromatic N) is 4. The van der Waals surface area contributed by atoms with Crippen molar-refractivity contribution < 1.29 is 0 Å². The maximum Gasteiger partial charge on any atom is 0.117 e. The molecule has 0 saturated carbocycles.